The maximum atomic E-state index is 6.08. The Hall–Kier alpha value is -3.87. The fourth-order valence-electron chi connectivity index (χ4n) is 4.41. The van der Waals surface area contributed by atoms with Gasteiger partial charge in [0.05, 0.1) is 23.0 Å². The Bertz CT molecular complexity index is 1430. The van der Waals surface area contributed by atoms with Crippen molar-refractivity contribution in [2.75, 3.05) is 18.1 Å². The summed E-state index contributed by atoms with van der Waals surface area (Å²) >= 11 is 0. The molecule has 2 N–H and O–H groups in total. The van der Waals surface area contributed by atoms with E-state index in [4.69, 9.17) is 4.74 Å². The Morgan fingerprint density at radius 2 is 1.90 bits per heavy atom. The quantitative estimate of drug-likeness (QED) is 0.447. The number of hydrogen-bond acceptors (Lipinski definition) is 5. The molecular weight excluding hydrogens is 388 g/mol. The minimum atomic E-state index is 0.612. The molecular formula is C24H22N6O. The van der Waals surface area contributed by atoms with Crippen molar-refractivity contribution in [1.29, 1.82) is 0 Å². The zero-order valence-electron chi connectivity index (χ0n) is 17.4. The first-order valence-corrected chi connectivity index (χ1v) is 10.4. The fourth-order valence-corrected chi connectivity index (χ4v) is 4.41. The van der Waals surface area contributed by atoms with Crippen molar-refractivity contribution in [3.05, 3.63) is 65.9 Å². The number of fused-ring (bicyclic) bond motifs is 3. The summed E-state index contributed by atoms with van der Waals surface area (Å²) < 4.78 is 6.08. The Morgan fingerprint density at radius 1 is 1.03 bits per heavy atom. The van der Waals surface area contributed by atoms with Gasteiger partial charge in [-0.05, 0) is 54.8 Å². The van der Waals surface area contributed by atoms with Crippen molar-refractivity contribution in [3.63, 3.8) is 0 Å². The van der Waals surface area contributed by atoms with E-state index in [9.17, 15) is 0 Å². The van der Waals surface area contributed by atoms with Gasteiger partial charge in [-0.3, -0.25) is 0 Å². The lowest BCUT2D eigenvalue weighted by Crippen LogP contribution is -2.26. The number of ether oxygens (including phenoxy) is 1. The standard InChI is InChI=1S/C24H22N6O/c1-14-11-25-23-22(14)24(27-13-26-23)30-7-8-31-21-6-4-16(9-18(21)12-30)17-3-5-19-20(10-17)29-15(2)28-19/h3-6,9-11,13H,7-8,12H2,1-2H3,(H,28,29)(H,25,26,27). The summed E-state index contributed by atoms with van der Waals surface area (Å²) in [4.78, 5) is 22.3. The number of imidazole rings is 1. The molecule has 31 heavy (non-hydrogen) atoms. The van der Waals surface area contributed by atoms with Gasteiger partial charge in [0.15, 0.2) is 0 Å². The van der Waals surface area contributed by atoms with Crippen LogP contribution >= 0.6 is 0 Å². The SMILES string of the molecule is Cc1nc2ccc(-c3ccc4c(c3)CN(c3ncnc5[nH]cc(C)c35)CCO4)cc2[nH]1. The minimum Gasteiger partial charge on any atom is -0.491 e. The highest BCUT2D eigenvalue weighted by atomic mass is 16.5. The number of H-pyrrole nitrogens is 2. The van der Waals surface area contributed by atoms with E-state index in [2.05, 4.69) is 73.1 Å². The van der Waals surface area contributed by atoms with Gasteiger partial charge in [0, 0.05) is 18.3 Å². The summed E-state index contributed by atoms with van der Waals surface area (Å²) in [5.41, 5.74) is 7.51. The molecule has 7 nitrogen and oxygen atoms in total. The van der Waals surface area contributed by atoms with Crippen LogP contribution in [0.5, 0.6) is 5.75 Å². The van der Waals surface area contributed by atoms with E-state index in [1.54, 1.807) is 6.33 Å². The average molecular weight is 410 g/mol. The van der Waals surface area contributed by atoms with Gasteiger partial charge in [0.1, 0.15) is 36.0 Å². The van der Waals surface area contributed by atoms with Crippen molar-refractivity contribution in [2.24, 2.45) is 0 Å². The molecule has 1 aliphatic heterocycles. The zero-order valence-corrected chi connectivity index (χ0v) is 17.4. The Balaban J connectivity index is 1.40. The van der Waals surface area contributed by atoms with Crippen LogP contribution in [0.15, 0.2) is 48.9 Å². The topological polar surface area (TPSA) is 82.7 Å². The van der Waals surface area contributed by atoms with Crippen molar-refractivity contribution in [2.45, 2.75) is 20.4 Å². The van der Waals surface area contributed by atoms with E-state index in [1.807, 2.05) is 13.1 Å². The number of aromatic nitrogens is 5. The molecule has 3 aromatic heterocycles. The highest BCUT2D eigenvalue weighted by Gasteiger charge is 2.21. The molecule has 154 valence electrons. The summed E-state index contributed by atoms with van der Waals surface area (Å²) in [6.07, 6.45) is 3.61. The van der Waals surface area contributed by atoms with Crippen LogP contribution in [0.4, 0.5) is 5.82 Å². The zero-order chi connectivity index (χ0) is 20.9. The first-order chi connectivity index (χ1) is 15.2. The summed E-state index contributed by atoms with van der Waals surface area (Å²) in [7, 11) is 0. The summed E-state index contributed by atoms with van der Waals surface area (Å²) in [6, 6.07) is 12.8. The van der Waals surface area contributed by atoms with Crippen LogP contribution in [0.3, 0.4) is 0 Å². The molecule has 0 saturated heterocycles. The van der Waals surface area contributed by atoms with Crippen LogP contribution in [-0.4, -0.2) is 38.1 Å². The van der Waals surface area contributed by atoms with Crippen LogP contribution in [-0.2, 0) is 6.54 Å². The highest BCUT2D eigenvalue weighted by molar-refractivity contribution is 5.90. The summed E-state index contributed by atoms with van der Waals surface area (Å²) in [5, 5.41) is 1.07. The predicted octanol–water partition coefficient (Wildman–Crippen LogP) is 4.52. The number of hydrogen-bond donors (Lipinski definition) is 2. The van der Waals surface area contributed by atoms with Crippen molar-refractivity contribution in [3.8, 4) is 16.9 Å². The number of nitrogens with one attached hydrogen (secondary N) is 2. The van der Waals surface area contributed by atoms with Crippen LogP contribution in [0.2, 0.25) is 0 Å². The van der Waals surface area contributed by atoms with Gasteiger partial charge in [-0.2, -0.15) is 0 Å². The molecule has 0 saturated carbocycles. The second kappa shape index (κ2) is 6.84. The van der Waals surface area contributed by atoms with Crippen molar-refractivity contribution < 1.29 is 4.74 Å². The number of aromatic amines is 2. The number of nitrogens with zero attached hydrogens (tertiary/aromatic N) is 4. The molecule has 0 atom stereocenters. The largest absolute Gasteiger partial charge is 0.491 e. The molecule has 0 fully saturated rings. The molecule has 4 heterocycles. The molecule has 0 aliphatic carbocycles. The first-order valence-electron chi connectivity index (χ1n) is 10.4. The highest BCUT2D eigenvalue weighted by Crippen LogP contribution is 2.33. The predicted molar refractivity (Wildman–Crippen MR) is 121 cm³/mol. The van der Waals surface area contributed by atoms with Gasteiger partial charge >= 0.3 is 0 Å². The van der Waals surface area contributed by atoms with Gasteiger partial charge in [0.25, 0.3) is 0 Å². The molecule has 5 aromatic rings. The molecule has 0 bridgehead atoms. The summed E-state index contributed by atoms with van der Waals surface area (Å²) in [5.74, 6) is 2.80. The second-order valence-corrected chi connectivity index (χ2v) is 8.04. The van der Waals surface area contributed by atoms with Gasteiger partial charge in [-0.1, -0.05) is 12.1 Å². The van der Waals surface area contributed by atoms with E-state index in [-0.39, 0.29) is 0 Å². The molecule has 7 heteroatoms. The lowest BCUT2D eigenvalue weighted by Gasteiger charge is -2.22. The molecule has 0 amide bonds. The molecule has 1 aliphatic rings. The molecule has 2 aromatic carbocycles. The van der Waals surface area contributed by atoms with Gasteiger partial charge in [0.2, 0.25) is 0 Å². The number of benzene rings is 2. The second-order valence-electron chi connectivity index (χ2n) is 8.04. The lowest BCUT2D eigenvalue weighted by molar-refractivity contribution is 0.331. The fraction of sp³-hybridized carbons (Fsp3) is 0.208. The number of anilines is 1. The minimum absolute atomic E-state index is 0.612. The van der Waals surface area contributed by atoms with Crippen LogP contribution in [0, 0.1) is 13.8 Å². The molecule has 0 spiro atoms. The van der Waals surface area contributed by atoms with E-state index in [1.165, 1.54) is 0 Å². The average Bonchev–Trinajstić information content (AvgIpc) is 3.26. The van der Waals surface area contributed by atoms with Crippen LogP contribution in [0.1, 0.15) is 17.0 Å². The molecule has 0 unspecified atom stereocenters. The van der Waals surface area contributed by atoms with E-state index >= 15 is 0 Å². The number of rotatable bonds is 2. The van der Waals surface area contributed by atoms with E-state index in [0.29, 0.717) is 6.61 Å². The van der Waals surface area contributed by atoms with Crippen LogP contribution < -0.4 is 9.64 Å². The summed E-state index contributed by atoms with van der Waals surface area (Å²) in [6.45, 7) is 6.16. The van der Waals surface area contributed by atoms with Crippen LogP contribution in [0.25, 0.3) is 33.2 Å². The van der Waals surface area contributed by atoms with Crippen molar-refractivity contribution >= 4 is 27.9 Å². The Labute approximate surface area is 179 Å². The van der Waals surface area contributed by atoms with E-state index in [0.717, 1.165) is 74.8 Å². The third kappa shape index (κ3) is 3.01. The van der Waals surface area contributed by atoms with Gasteiger partial charge < -0.3 is 19.6 Å². The van der Waals surface area contributed by atoms with Gasteiger partial charge in [-0.25, -0.2) is 15.0 Å². The smallest absolute Gasteiger partial charge is 0.143 e. The monoisotopic (exact) mass is 410 g/mol. The normalized spacial score (nSPS) is 13.9. The lowest BCUT2D eigenvalue weighted by atomic mass is 10.0. The maximum absolute atomic E-state index is 6.08. The van der Waals surface area contributed by atoms with E-state index < -0.39 is 0 Å². The Morgan fingerprint density at radius 3 is 2.84 bits per heavy atom. The molecule has 0 radical (unpaired) electrons. The molecule has 6 rings (SSSR count). The Kier molecular flexibility index (Phi) is 3.96. The third-order valence-corrected chi connectivity index (χ3v) is 5.92. The third-order valence-electron chi connectivity index (χ3n) is 5.92. The number of aryl methyl sites for hydroxylation is 2. The first kappa shape index (κ1) is 17.9. The van der Waals surface area contributed by atoms with Gasteiger partial charge in [-0.15, -0.1) is 0 Å². The van der Waals surface area contributed by atoms with Crippen molar-refractivity contribution in [1.82, 2.24) is 24.9 Å². The maximum Gasteiger partial charge on any atom is 0.143 e.